The lowest BCUT2D eigenvalue weighted by Crippen LogP contribution is -2.31. The van der Waals surface area contributed by atoms with Crippen LogP contribution < -0.4 is 4.90 Å². The maximum atomic E-state index is 12.8. The number of amides is 2. The smallest absolute Gasteiger partial charge is 0.259 e. The first kappa shape index (κ1) is 15.5. The number of aromatic nitrogens is 2. The summed E-state index contributed by atoms with van der Waals surface area (Å²) in [7, 11) is 0. The summed E-state index contributed by atoms with van der Waals surface area (Å²) in [6.45, 7) is 9.82. The van der Waals surface area contributed by atoms with Crippen molar-refractivity contribution in [1.82, 2.24) is 9.78 Å². The van der Waals surface area contributed by atoms with Crippen LogP contribution in [0.2, 0.25) is 0 Å². The number of carbonyl (C=O) groups is 2. The Bertz CT molecular complexity index is 820. The fourth-order valence-electron chi connectivity index (χ4n) is 2.99. The zero-order valence-corrected chi connectivity index (χ0v) is 14.2. The molecule has 3 rings (SSSR count). The molecule has 120 valence electrons. The molecule has 0 spiro atoms. The lowest BCUT2D eigenvalue weighted by Gasteiger charge is -2.17. The monoisotopic (exact) mass is 311 g/mol. The van der Waals surface area contributed by atoms with Crippen molar-refractivity contribution < 1.29 is 9.59 Å². The maximum Gasteiger partial charge on any atom is 0.259 e. The first-order valence-corrected chi connectivity index (χ1v) is 7.77. The largest absolute Gasteiger partial charge is 0.274 e. The second-order valence-corrected chi connectivity index (χ2v) is 6.30. The Hall–Kier alpha value is -2.43. The molecule has 1 aromatic carbocycles. The number of nitrogens with zero attached hydrogens (tertiary/aromatic N) is 3. The van der Waals surface area contributed by atoms with Crippen LogP contribution in [0.25, 0.3) is 0 Å². The van der Waals surface area contributed by atoms with Crippen molar-refractivity contribution in [2.75, 3.05) is 4.90 Å². The minimum atomic E-state index is -0.545. The fraction of sp³-hybridized carbons (Fsp3) is 0.389. The lowest BCUT2D eigenvalue weighted by molar-refractivity contribution is -0.122. The number of imide groups is 1. The third-order valence-electron chi connectivity index (χ3n) is 4.85. The summed E-state index contributed by atoms with van der Waals surface area (Å²) in [6.07, 6.45) is 0.160. The molecule has 1 aromatic heterocycles. The molecule has 5 heteroatoms. The predicted molar refractivity (Wildman–Crippen MR) is 88.5 cm³/mol. The van der Waals surface area contributed by atoms with Crippen LogP contribution >= 0.6 is 0 Å². The Balaban J connectivity index is 1.99. The van der Waals surface area contributed by atoms with E-state index in [0.29, 0.717) is 5.69 Å². The molecule has 2 amide bonds. The number of hydrogen-bond acceptors (Lipinski definition) is 3. The minimum absolute atomic E-state index is 0.160. The van der Waals surface area contributed by atoms with E-state index in [0.717, 1.165) is 28.1 Å². The second kappa shape index (κ2) is 5.33. The van der Waals surface area contributed by atoms with Gasteiger partial charge < -0.3 is 0 Å². The van der Waals surface area contributed by atoms with E-state index in [9.17, 15) is 9.59 Å². The van der Waals surface area contributed by atoms with Gasteiger partial charge in [-0.25, -0.2) is 4.90 Å². The number of hydrogen-bond donors (Lipinski definition) is 0. The summed E-state index contributed by atoms with van der Waals surface area (Å²) in [5, 5.41) is 4.45. The zero-order chi connectivity index (χ0) is 16.9. The van der Waals surface area contributed by atoms with Crippen molar-refractivity contribution in [3.63, 3.8) is 0 Å². The molecule has 1 aliphatic rings. The van der Waals surface area contributed by atoms with Crippen LogP contribution in [0.3, 0.4) is 0 Å². The first-order valence-electron chi connectivity index (χ1n) is 7.77. The van der Waals surface area contributed by atoms with E-state index < -0.39 is 6.04 Å². The SMILES string of the molecule is Cc1ccc(N2C(=O)C[C@H](n3nc(C)c(C)c3C)C2=O)cc1C. The third kappa shape index (κ3) is 2.36. The van der Waals surface area contributed by atoms with Crippen LogP contribution in [0.4, 0.5) is 5.69 Å². The topological polar surface area (TPSA) is 55.2 Å². The van der Waals surface area contributed by atoms with Crippen molar-refractivity contribution >= 4 is 17.5 Å². The summed E-state index contributed by atoms with van der Waals surface area (Å²) in [5.41, 5.74) is 5.74. The summed E-state index contributed by atoms with van der Waals surface area (Å²) in [4.78, 5) is 26.6. The number of aryl methyl sites for hydroxylation is 3. The standard InChI is InChI=1S/C18H21N3O2/c1-10-6-7-15(8-11(10)2)20-17(22)9-16(18(20)23)21-14(5)12(3)13(4)19-21/h6-8,16H,9H2,1-5H3/t16-/m0/s1. The molecule has 1 atom stereocenters. The molecule has 0 N–H and O–H groups in total. The number of benzene rings is 1. The molecule has 5 nitrogen and oxygen atoms in total. The van der Waals surface area contributed by atoms with E-state index in [2.05, 4.69) is 5.10 Å². The van der Waals surface area contributed by atoms with Gasteiger partial charge in [-0.15, -0.1) is 0 Å². The normalized spacial score (nSPS) is 18.1. The van der Waals surface area contributed by atoms with Crippen LogP contribution in [0.5, 0.6) is 0 Å². The Morgan fingerprint density at radius 2 is 1.74 bits per heavy atom. The van der Waals surface area contributed by atoms with Gasteiger partial charge in [0.15, 0.2) is 0 Å². The Labute approximate surface area is 135 Å². The molecule has 0 saturated carbocycles. The van der Waals surface area contributed by atoms with Gasteiger partial charge in [0, 0.05) is 5.69 Å². The summed E-state index contributed by atoms with van der Waals surface area (Å²) < 4.78 is 1.70. The molecule has 0 radical (unpaired) electrons. The second-order valence-electron chi connectivity index (χ2n) is 6.30. The van der Waals surface area contributed by atoms with Gasteiger partial charge in [0.25, 0.3) is 5.91 Å². The summed E-state index contributed by atoms with van der Waals surface area (Å²) >= 11 is 0. The third-order valence-corrected chi connectivity index (χ3v) is 4.85. The molecule has 1 saturated heterocycles. The quantitative estimate of drug-likeness (QED) is 0.801. The van der Waals surface area contributed by atoms with E-state index >= 15 is 0 Å². The highest BCUT2D eigenvalue weighted by Gasteiger charge is 2.42. The van der Waals surface area contributed by atoms with Gasteiger partial charge in [0.2, 0.25) is 5.91 Å². The Morgan fingerprint density at radius 1 is 1.04 bits per heavy atom. The van der Waals surface area contributed by atoms with E-state index in [1.807, 2.05) is 52.8 Å². The Morgan fingerprint density at radius 3 is 2.30 bits per heavy atom. The highest BCUT2D eigenvalue weighted by atomic mass is 16.2. The number of rotatable bonds is 2. The van der Waals surface area contributed by atoms with E-state index in [-0.39, 0.29) is 18.2 Å². The molecule has 0 bridgehead atoms. The van der Waals surface area contributed by atoms with Crippen molar-refractivity contribution in [3.05, 3.63) is 46.3 Å². The van der Waals surface area contributed by atoms with Crippen LogP contribution in [-0.4, -0.2) is 21.6 Å². The number of carbonyl (C=O) groups excluding carboxylic acids is 2. The van der Waals surface area contributed by atoms with Gasteiger partial charge in [0.05, 0.1) is 17.8 Å². The molecular formula is C18H21N3O2. The average Bonchev–Trinajstić information content (AvgIpc) is 2.93. The van der Waals surface area contributed by atoms with Gasteiger partial charge in [-0.1, -0.05) is 6.07 Å². The predicted octanol–water partition coefficient (Wildman–Crippen LogP) is 2.93. The lowest BCUT2D eigenvalue weighted by atomic mass is 10.1. The summed E-state index contributed by atoms with van der Waals surface area (Å²) in [5.74, 6) is -0.377. The van der Waals surface area contributed by atoms with Crippen LogP contribution in [0.15, 0.2) is 18.2 Å². The number of anilines is 1. The highest BCUT2D eigenvalue weighted by molar-refractivity contribution is 6.21. The van der Waals surface area contributed by atoms with Gasteiger partial charge in [0.1, 0.15) is 6.04 Å². The molecule has 1 fully saturated rings. The molecule has 23 heavy (non-hydrogen) atoms. The van der Waals surface area contributed by atoms with E-state index in [4.69, 9.17) is 0 Å². The van der Waals surface area contributed by atoms with Gasteiger partial charge in [-0.2, -0.15) is 5.10 Å². The van der Waals surface area contributed by atoms with Gasteiger partial charge >= 0.3 is 0 Å². The molecular weight excluding hydrogens is 290 g/mol. The molecule has 0 aliphatic carbocycles. The highest BCUT2D eigenvalue weighted by Crippen LogP contribution is 2.31. The fourth-order valence-corrected chi connectivity index (χ4v) is 2.99. The van der Waals surface area contributed by atoms with Crippen LogP contribution in [0.1, 0.15) is 40.5 Å². The zero-order valence-electron chi connectivity index (χ0n) is 14.2. The first-order chi connectivity index (χ1) is 10.8. The van der Waals surface area contributed by atoms with Crippen molar-refractivity contribution in [2.24, 2.45) is 0 Å². The minimum Gasteiger partial charge on any atom is -0.274 e. The van der Waals surface area contributed by atoms with Crippen molar-refractivity contribution in [3.8, 4) is 0 Å². The van der Waals surface area contributed by atoms with E-state index in [1.165, 1.54) is 4.90 Å². The summed E-state index contributed by atoms with van der Waals surface area (Å²) in [6, 6.07) is 5.11. The van der Waals surface area contributed by atoms with Gasteiger partial charge in [-0.05, 0) is 63.4 Å². The van der Waals surface area contributed by atoms with Crippen LogP contribution in [0, 0.1) is 34.6 Å². The van der Waals surface area contributed by atoms with E-state index in [1.54, 1.807) is 4.68 Å². The van der Waals surface area contributed by atoms with Gasteiger partial charge in [-0.3, -0.25) is 14.3 Å². The van der Waals surface area contributed by atoms with Crippen molar-refractivity contribution in [1.29, 1.82) is 0 Å². The van der Waals surface area contributed by atoms with Crippen LogP contribution in [-0.2, 0) is 9.59 Å². The molecule has 2 aromatic rings. The maximum absolute atomic E-state index is 12.8. The average molecular weight is 311 g/mol. The molecule has 1 aliphatic heterocycles. The van der Waals surface area contributed by atoms with Crippen molar-refractivity contribution in [2.45, 2.75) is 47.1 Å². The Kier molecular flexibility index (Phi) is 3.59. The molecule has 2 heterocycles. The molecule has 0 unspecified atom stereocenters.